The van der Waals surface area contributed by atoms with Crippen molar-refractivity contribution in [2.45, 2.75) is 25.8 Å². The zero-order chi connectivity index (χ0) is 12.8. The lowest BCUT2D eigenvalue weighted by atomic mass is 10.1. The Morgan fingerprint density at radius 1 is 1.38 bits per heavy atom. The summed E-state index contributed by atoms with van der Waals surface area (Å²) in [6.45, 7) is 4.31. The van der Waals surface area contributed by atoms with E-state index in [4.69, 9.17) is 5.11 Å². The van der Waals surface area contributed by atoms with Crippen LogP contribution in [-0.4, -0.2) is 54.7 Å². The maximum absolute atomic E-state index is 11.6. The van der Waals surface area contributed by atoms with Gasteiger partial charge in [-0.15, -0.1) is 0 Å². The minimum absolute atomic E-state index is 0.372. The molecule has 0 saturated carbocycles. The minimum Gasteiger partial charge on any atom is -0.480 e. The molecule has 0 aliphatic rings. The molecule has 16 heavy (non-hydrogen) atoms. The maximum Gasteiger partial charge on any atom is 0.328 e. The first-order valence-electron chi connectivity index (χ1n) is 5.22. The highest BCUT2D eigenvalue weighted by Gasteiger charge is 2.29. The third-order valence-electron chi connectivity index (χ3n) is 2.22. The molecule has 6 nitrogen and oxygen atoms in total. The SMILES string of the molecule is CNCCCN(C)C(=O)NC(C)(C)C(=O)O. The first kappa shape index (κ1) is 14.7. The van der Waals surface area contributed by atoms with Crippen LogP contribution in [0.3, 0.4) is 0 Å². The Balaban J connectivity index is 4.10. The van der Waals surface area contributed by atoms with Gasteiger partial charge in [-0.05, 0) is 33.9 Å². The van der Waals surface area contributed by atoms with E-state index in [9.17, 15) is 9.59 Å². The van der Waals surface area contributed by atoms with Gasteiger partial charge in [-0.25, -0.2) is 9.59 Å². The van der Waals surface area contributed by atoms with Crippen molar-refractivity contribution in [1.82, 2.24) is 15.5 Å². The predicted molar refractivity (Wildman–Crippen MR) is 61.4 cm³/mol. The molecule has 0 spiro atoms. The molecule has 0 aliphatic carbocycles. The van der Waals surface area contributed by atoms with Gasteiger partial charge in [0.15, 0.2) is 0 Å². The number of carbonyl (C=O) groups is 2. The van der Waals surface area contributed by atoms with Gasteiger partial charge >= 0.3 is 12.0 Å². The first-order chi connectivity index (χ1) is 7.31. The Kier molecular flexibility index (Phi) is 5.81. The summed E-state index contributed by atoms with van der Waals surface area (Å²) < 4.78 is 0. The molecule has 0 heterocycles. The van der Waals surface area contributed by atoms with Crippen molar-refractivity contribution in [1.29, 1.82) is 0 Å². The lowest BCUT2D eigenvalue weighted by molar-refractivity contribution is -0.143. The molecule has 0 aliphatic heterocycles. The highest BCUT2D eigenvalue weighted by Crippen LogP contribution is 2.02. The van der Waals surface area contributed by atoms with Crippen LogP contribution in [0.15, 0.2) is 0 Å². The summed E-state index contributed by atoms with van der Waals surface area (Å²) >= 11 is 0. The van der Waals surface area contributed by atoms with Crippen LogP contribution in [0.1, 0.15) is 20.3 Å². The van der Waals surface area contributed by atoms with E-state index in [2.05, 4.69) is 10.6 Å². The molecular formula is C10H21N3O3. The number of amides is 2. The zero-order valence-electron chi connectivity index (χ0n) is 10.3. The lowest BCUT2D eigenvalue weighted by Crippen LogP contribution is -2.53. The normalized spacial score (nSPS) is 11.0. The van der Waals surface area contributed by atoms with Crippen molar-refractivity contribution in [2.24, 2.45) is 0 Å². The molecule has 0 fully saturated rings. The van der Waals surface area contributed by atoms with E-state index in [-0.39, 0.29) is 6.03 Å². The van der Waals surface area contributed by atoms with Crippen molar-refractivity contribution < 1.29 is 14.7 Å². The number of hydrogen-bond donors (Lipinski definition) is 3. The van der Waals surface area contributed by atoms with Crippen LogP contribution in [0.25, 0.3) is 0 Å². The van der Waals surface area contributed by atoms with E-state index in [1.54, 1.807) is 7.05 Å². The summed E-state index contributed by atoms with van der Waals surface area (Å²) in [5, 5.41) is 14.3. The third kappa shape index (κ3) is 4.97. The second-order valence-electron chi connectivity index (χ2n) is 4.24. The average molecular weight is 231 g/mol. The van der Waals surface area contributed by atoms with Crippen LogP contribution >= 0.6 is 0 Å². The first-order valence-corrected chi connectivity index (χ1v) is 5.22. The van der Waals surface area contributed by atoms with Crippen molar-refractivity contribution in [3.8, 4) is 0 Å². The molecule has 0 aromatic heterocycles. The summed E-state index contributed by atoms with van der Waals surface area (Å²) in [6.07, 6.45) is 0.827. The Morgan fingerprint density at radius 2 is 1.94 bits per heavy atom. The van der Waals surface area contributed by atoms with Gasteiger partial charge in [0.25, 0.3) is 0 Å². The van der Waals surface area contributed by atoms with Gasteiger partial charge in [0.05, 0.1) is 0 Å². The summed E-state index contributed by atoms with van der Waals surface area (Å²) in [7, 11) is 3.48. The number of carboxylic acid groups (broad SMARTS) is 1. The van der Waals surface area contributed by atoms with Crippen LogP contribution in [0, 0.1) is 0 Å². The summed E-state index contributed by atoms with van der Waals surface area (Å²) in [5.74, 6) is -1.05. The molecule has 6 heteroatoms. The Morgan fingerprint density at radius 3 is 2.38 bits per heavy atom. The van der Waals surface area contributed by atoms with Gasteiger partial charge in [0.2, 0.25) is 0 Å². The minimum atomic E-state index is -1.24. The number of nitrogens with one attached hydrogen (secondary N) is 2. The molecule has 3 N–H and O–H groups in total. The molecule has 0 radical (unpaired) electrons. The van der Waals surface area contributed by atoms with Crippen molar-refractivity contribution >= 4 is 12.0 Å². The number of urea groups is 1. The van der Waals surface area contributed by atoms with E-state index in [0.29, 0.717) is 6.54 Å². The Bertz CT molecular complexity index is 254. The van der Waals surface area contributed by atoms with Crippen LogP contribution in [0.4, 0.5) is 4.79 Å². The highest BCUT2D eigenvalue weighted by atomic mass is 16.4. The van der Waals surface area contributed by atoms with Crippen LogP contribution in [0.5, 0.6) is 0 Å². The monoisotopic (exact) mass is 231 g/mol. The van der Waals surface area contributed by atoms with Gasteiger partial charge in [0, 0.05) is 13.6 Å². The molecule has 0 aromatic carbocycles. The van der Waals surface area contributed by atoms with E-state index in [1.807, 2.05) is 7.05 Å². The average Bonchev–Trinajstić information content (AvgIpc) is 2.17. The molecule has 0 atom stereocenters. The Labute approximate surface area is 96.0 Å². The fourth-order valence-electron chi connectivity index (χ4n) is 1.01. The number of aliphatic carboxylic acids is 1. The quantitative estimate of drug-likeness (QED) is 0.566. The van der Waals surface area contributed by atoms with E-state index < -0.39 is 11.5 Å². The van der Waals surface area contributed by atoms with Gasteiger partial charge in [-0.1, -0.05) is 0 Å². The van der Waals surface area contributed by atoms with E-state index in [0.717, 1.165) is 13.0 Å². The third-order valence-corrected chi connectivity index (χ3v) is 2.22. The summed E-state index contributed by atoms with van der Waals surface area (Å²) in [4.78, 5) is 23.9. The van der Waals surface area contributed by atoms with Gasteiger partial charge in [0.1, 0.15) is 5.54 Å². The molecule has 94 valence electrons. The van der Waals surface area contributed by atoms with Gasteiger partial charge < -0.3 is 20.6 Å². The number of carboxylic acids is 1. The second kappa shape index (κ2) is 6.32. The fourth-order valence-corrected chi connectivity index (χ4v) is 1.01. The van der Waals surface area contributed by atoms with Crippen LogP contribution < -0.4 is 10.6 Å². The van der Waals surface area contributed by atoms with E-state index in [1.165, 1.54) is 18.7 Å². The number of hydrogen-bond acceptors (Lipinski definition) is 3. The fraction of sp³-hybridized carbons (Fsp3) is 0.800. The van der Waals surface area contributed by atoms with Crippen LogP contribution in [0.2, 0.25) is 0 Å². The second-order valence-corrected chi connectivity index (χ2v) is 4.24. The molecular weight excluding hydrogens is 210 g/mol. The smallest absolute Gasteiger partial charge is 0.328 e. The molecule has 0 rings (SSSR count). The number of carbonyl (C=O) groups excluding carboxylic acids is 1. The van der Waals surface area contributed by atoms with E-state index >= 15 is 0 Å². The van der Waals surface area contributed by atoms with Crippen LogP contribution in [-0.2, 0) is 4.79 Å². The Hall–Kier alpha value is -1.30. The largest absolute Gasteiger partial charge is 0.480 e. The van der Waals surface area contributed by atoms with Crippen molar-refractivity contribution in [3.63, 3.8) is 0 Å². The lowest BCUT2D eigenvalue weighted by Gasteiger charge is -2.25. The summed E-state index contributed by atoms with van der Waals surface area (Å²) in [6, 6.07) is -0.372. The van der Waals surface area contributed by atoms with Crippen molar-refractivity contribution in [3.05, 3.63) is 0 Å². The topological polar surface area (TPSA) is 81.7 Å². The zero-order valence-corrected chi connectivity index (χ0v) is 10.3. The standard InChI is InChI=1S/C10H21N3O3/c1-10(2,8(14)15)12-9(16)13(4)7-5-6-11-3/h11H,5-7H2,1-4H3,(H,12,16)(H,14,15). The number of rotatable bonds is 6. The maximum atomic E-state index is 11.6. The van der Waals surface area contributed by atoms with Gasteiger partial charge in [-0.2, -0.15) is 0 Å². The van der Waals surface area contributed by atoms with Crippen molar-refractivity contribution in [2.75, 3.05) is 27.2 Å². The predicted octanol–water partition coefficient (Wildman–Crippen LogP) is 0.101. The molecule has 0 saturated heterocycles. The number of nitrogens with zero attached hydrogens (tertiary/aromatic N) is 1. The molecule has 0 aromatic rings. The summed E-state index contributed by atoms with van der Waals surface area (Å²) in [5.41, 5.74) is -1.24. The van der Waals surface area contributed by atoms with Gasteiger partial charge in [-0.3, -0.25) is 0 Å². The highest BCUT2D eigenvalue weighted by molar-refractivity contribution is 5.85. The molecule has 0 bridgehead atoms. The molecule has 0 unspecified atom stereocenters. The molecule has 2 amide bonds.